The van der Waals surface area contributed by atoms with E-state index in [4.69, 9.17) is 0 Å². The number of phenols is 1. The third-order valence-corrected chi connectivity index (χ3v) is 5.00. The van der Waals surface area contributed by atoms with Gasteiger partial charge in [0.2, 0.25) is 0 Å². The van der Waals surface area contributed by atoms with Crippen LogP contribution in [0.2, 0.25) is 0 Å². The van der Waals surface area contributed by atoms with Crippen molar-refractivity contribution in [3.63, 3.8) is 0 Å². The smallest absolute Gasteiger partial charge is 0.416 e. The van der Waals surface area contributed by atoms with Crippen LogP contribution in [0.1, 0.15) is 23.1 Å². The van der Waals surface area contributed by atoms with Crippen LogP contribution in [-0.2, 0) is 19.3 Å². The lowest BCUT2D eigenvalue weighted by molar-refractivity contribution is -0.137. The van der Waals surface area contributed by atoms with Gasteiger partial charge in [-0.25, -0.2) is 4.39 Å². The van der Waals surface area contributed by atoms with Gasteiger partial charge >= 0.3 is 6.18 Å². The molecular formula is C21H25F4IN4O. The Balaban J connectivity index is 0.00000341. The molecule has 0 amide bonds. The number of hydrogen-bond acceptors (Lipinski definition) is 3. The Morgan fingerprint density at radius 3 is 2.45 bits per heavy atom. The second-order valence-electron chi connectivity index (χ2n) is 7.27. The molecular weight excluding hydrogens is 527 g/mol. The number of likely N-dealkylation sites (tertiary alicyclic amines) is 1. The van der Waals surface area contributed by atoms with E-state index in [9.17, 15) is 22.7 Å². The summed E-state index contributed by atoms with van der Waals surface area (Å²) >= 11 is 0. The molecule has 0 aliphatic carbocycles. The average molecular weight is 552 g/mol. The van der Waals surface area contributed by atoms with Gasteiger partial charge in [-0.2, -0.15) is 13.2 Å². The van der Waals surface area contributed by atoms with Gasteiger partial charge in [-0.1, -0.05) is 18.2 Å². The maximum absolute atomic E-state index is 13.4. The Morgan fingerprint density at radius 1 is 1.16 bits per heavy atom. The van der Waals surface area contributed by atoms with Gasteiger partial charge in [0, 0.05) is 39.3 Å². The number of nitrogens with one attached hydrogen (secondary N) is 2. The predicted octanol–water partition coefficient (Wildman–Crippen LogP) is 4.11. The highest BCUT2D eigenvalue weighted by molar-refractivity contribution is 14.0. The fourth-order valence-corrected chi connectivity index (χ4v) is 3.39. The van der Waals surface area contributed by atoms with Crippen molar-refractivity contribution < 1.29 is 22.7 Å². The minimum absolute atomic E-state index is 0. The number of hydrogen-bond donors (Lipinski definition) is 3. The number of guanidine groups is 1. The molecule has 1 aliphatic heterocycles. The van der Waals surface area contributed by atoms with Gasteiger partial charge in [-0.3, -0.25) is 9.89 Å². The van der Waals surface area contributed by atoms with Crippen molar-refractivity contribution >= 4 is 29.9 Å². The van der Waals surface area contributed by atoms with Crippen LogP contribution in [0.15, 0.2) is 47.5 Å². The lowest BCUT2D eigenvalue weighted by Crippen LogP contribution is -2.44. The maximum atomic E-state index is 13.4. The zero-order valence-corrected chi connectivity index (χ0v) is 19.2. The molecule has 0 bridgehead atoms. The quantitative estimate of drug-likeness (QED) is 0.226. The number of benzene rings is 2. The molecule has 0 spiro atoms. The number of alkyl halides is 3. The Morgan fingerprint density at radius 2 is 1.84 bits per heavy atom. The van der Waals surface area contributed by atoms with Gasteiger partial charge in [-0.05, 0) is 41.8 Å². The molecule has 0 radical (unpaired) electrons. The monoisotopic (exact) mass is 552 g/mol. The van der Waals surface area contributed by atoms with E-state index in [1.165, 1.54) is 24.3 Å². The Bertz CT molecular complexity index is 890. The van der Waals surface area contributed by atoms with Crippen molar-refractivity contribution in [1.29, 1.82) is 0 Å². The first-order valence-electron chi connectivity index (χ1n) is 9.57. The molecule has 31 heavy (non-hydrogen) atoms. The van der Waals surface area contributed by atoms with Gasteiger partial charge in [-0.15, -0.1) is 24.0 Å². The van der Waals surface area contributed by atoms with Crippen molar-refractivity contribution in [2.24, 2.45) is 4.99 Å². The van der Waals surface area contributed by atoms with E-state index in [0.717, 1.165) is 37.2 Å². The number of nitrogens with zero attached hydrogens (tertiary/aromatic N) is 2. The molecule has 1 atom stereocenters. The molecule has 3 N–H and O–H groups in total. The maximum Gasteiger partial charge on any atom is 0.416 e. The molecule has 1 fully saturated rings. The van der Waals surface area contributed by atoms with E-state index in [1.807, 2.05) is 0 Å². The van der Waals surface area contributed by atoms with Crippen LogP contribution in [0.4, 0.5) is 17.6 Å². The second kappa shape index (κ2) is 11.0. The summed E-state index contributed by atoms with van der Waals surface area (Å²) in [5, 5.41) is 15.7. The largest absolute Gasteiger partial charge is 0.505 e. The van der Waals surface area contributed by atoms with E-state index in [0.29, 0.717) is 24.6 Å². The summed E-state index contributed by atoms with van der Waals surface area (Å²) in [6.45, 7) is 2.47. The van der Waals surface area contributed by atoms with Gasteiger partial charge in [0.05, 0.1) is 5.56 Å². The number of rotatable bonds is 5. The first-order chi connectivity index (χ1) is 14.2. The van der Waals surface area contributed by atoms with E-state index in [1.54, 1.807) is 13.1 Å². The second-order valence-corrected chi connectivity index (χ2v) is 7.27. The molecule has 2 aromatic rings. The van der Waals surface area contributed by atoms with Crippen molar-refractivity contribution in [3.8, 4) is 5.75 Å². The fourth-order valence-electron chi connectivity index (χ4n) is 3.39. The molecule has 10 heteroatoms. The van der Waals surface area contributed by atoms with E-state index in [2.05, 4.69) is 20.5 Å². The molecule has 1 heterocycles. The number of halogens is 5. The molecule has 1 aliphatic rings. The summed E-state index contributed by atoms with van der Waals surface area (Å²) in [5.41, 5.74) is 0.861. The molecule has 5 nitrogen and oxygen atoms in total. The van der Waals surface area contributed by atoms with Gasteiger partial charge in [0.25, 0.3) is 0 Å². The molecule has 2 aromatic carbocycles. The van der Waals surface area contributed by atoms with E-state index >= 15 is 0 Å². The number of aromatic hydroxyl groups is 1. The molecule has 170 valence electrons. The Kier molecular flexibility index (Phi) is 8.92. The SMILES string of the molecule is CN=C(NCc1ccc(O)c(F)c1)NC1CCN(Cc2ccc(C(F)(F)F)cc2)C1.I. The lowest BCUT2D eigenvalue weighted by atomic mass is 10.1. The van der Waals surface area contributed by atoms with Crippen molar-refractivity contribution in [2.75, 3.05) is 20.1 Å². The zero-order valence-electron chi connectivity index (χ0n) is 16.9. The normalized spacial score (nSPS) is 17.3. The van der Waals surface area contributed by atoms with E-state index < -0.39 is 17.6 Å². The standard InChI is InChI=1S/C21H24F4N4O.HI/c1-26-20(27-11-15-4-7-19(30)18(22)10-15)28-17-8-9-29(13-17)12-14-2-5-16(6-3-14)21(23,24)25;/h2-7,10,17,30H,8-9,11-13H2,1H3,(H2,26,27,28);1H. The first kappa shape index (κ1) is 25.2. The number of phenolic OH excluding ortho intramolecular Hbond substituents is 1. The van der Waals surface area contributed by atoms with Crippen LogP contribution in [0.25, 0.3) is 0 Å². The molecule has 3 rings (SSSR count). The van der Waals surface area contributed by atoms with Gasteiger partial charge in [0.1, 0.15) is 0 Å². The number of aliphatic imine (C=N–C) groups is 1. The summed E-state index contributed by atoms with van der Waals surface area (Å²) in [7, 11) is 1.64. The lowest BCUT2D eigenvalue weighted by Gasteiger charge is -2.19. The highest BCUT2D eigenvalue weighted by Gasteiger charge is 2.30. The zero-order chi connectivity index (χ0) is 21.7. The van der Waals surface area contributed by atoms with Crippen LogP contribution >= 0.6 is 24.0 Å². The topological polar surface area (TPSA) is 59.9 Å². The minimum Gasteiger partial charge on any atom is -0.505 e. The highest BCUT2D eigenvalue weighted by atomic mass is 127. The van der Waals surface area contributed by atoms with Crippen LogP contribution in [-0.4, -0.2) is 42.1 Å². The first-order valence-corrected chi connectivity index (χ1v) is 9.57. The molecule has 1 unspecified atom stereocenters. The fraction of sp³-hybridized carbons (Fsp3) is 0.381. The van der Waals surface area contributed by atoms with Crippen molar-refractivity contribution in [3.05, 3.63) is 65.0 Å². The molecule has 0 aromatic heterocycles. The van der Waals surface area contributed by atoms with Crippen LogP contribution in [0, 0.1) is 5.82 Å². The summed E-state index contributed by atoms with van der Waals surface area (Å²) in [4.78, 5) is 6.34. The summed E-state index contributed by atoms with van der Waals surface area (Å²) in [6, 6.07) is 9.58. The van der Waals surface area contributed by atoms with E-state index in [-0.39, 0.29) is 35.8 Å². The highest BCUT2D eigenvalue weighted by Crippen LogP contribution is 2.29. The molecule has 1 saturated heterocycles. The van der Waals surface area contributed by atoms with Crippen LogP contribution < -0.4 is 10.6 Å². The third kappa shape index (κ3) is 7.23. The predicted molar refractivity (Wildman–Crippen MR) is 122 cm³/mol. The Labute approximate surface area is 195 Å². The Hall–Kier alpha value is -2.08. The third-order valence-electron chi connectivity index (χ3n) is 5.00. The van der Waals surface area contributed by atoms with Crippen LogP contribution in [0.3, 0.4) is 0 Å². The summed E-state index contributed by atoms with van der Waals surface area (Å²) in [5.74, 6) is -0.489. The van der Waals surface area contributed by atoms with Crippen LogP contribution in [0.5, 0.6) is 5.75 Å². The van der Waals surface area contributed by atoms with Gasteiger partial charge < -0.3 is 15.7 Å². The van der Waals surface area contributed by atoms with Crippen molar-refractivity contribution in [1.82, 2.24) is 15.5 Å². The summed E-state index contributed by atoms with van der Waals surface area (Å²) < 4.78 is 51.5. The summed E-state index contributed by atoms with van der Waals surface area (Å²) in [6.07, 6.45) is -3.45. The average Bonchev–Trinajstić information content (AvgIpc) is 3.14. The van der Waals surface area contributed by atoms with Crippen molar-refractivity contribution in [2.45, 2.75) is 31.7 Å². The minimum atomic E-state index is -4.32. The van der Waals surface area contributed by atoms with Gasteiger partial charge in [0.15, 0.2) is 17.5 Å². The molecule has 0 saturated carbocycles.